The van der Waals surface area contributed by atoms with Crippen LogP contribution in [-0.4, -0.2) is 55.4 Å². The molecule has 0 amide bonds. The van der Waals surface area contributed by atoms with Crippen LogP contribution in [0.4, 0.5) is 0 Å². The summed E-state index contributed by atoms with van der Waals surface area (Å²) >= 11 is 0. The second-order valence-corrected chi connectivity index (χ2v) is 3.31. The summed E-state index contributed by atoms with van der Waals surface area (Å²) in [4.78, 5) is 19.9. The summed E-state index contributed by atoms with van der Waals surface area (Å²) in [6, 6.07) is 5.04. The molecule has 0 heterocycles. The van der Waals surface area contributed by atoms with Gasteiger partial charge in [0.2, 0.25) is 6.10 Å². The number of carbonyl (C=O) groups is 1. The van der Waals surface area contributed by atoms with Gasteiger partial charge < -0.3 is 9.84 Å². The summed E-state index contributed by atoms with van der Waals surface area (Å²) in [6.07, 6.45) is -1.71. The number of aromatic hydroxyl groups is 1. The van der Waals surface area contributed by atoms with Crippen molar-refractivity contribution >= 4 is 5.97 Å². The highest BCUT2D eigenvalue weighted by atomic mass is 17.1. The third-order valence-electron chi connectivity index (χ3n) is 1.88. The van der Waals surface area contributed by atoms with Gasteiger partial charge >= 0.3 is 5.97 Å². The summed E-state index contributed by atoms with van der Waals surface area (Å²) in [5.74, 6) is -1.13. The van der Waals surface area contributed by atoms with E-state index in [0.29, 0.717) is 0 Å². The molecule has 5 N–H and O–H groups in total. The molecule has 0 saturated carbocycles. The molecule has 0 aliphatic heterocycles. The van der Waals surface area contributed by atoms with E-state index in [2.05, 4.69) is 9.68 Å². The molecule has 0 aromatic heterocycles. The molecule has 11 nitrogen and oxygen atoms in total. The lowest BCUT2D eigenvalue weighted by molar-refractivity contribution is -0.523. The second-order valence-electron chi connectivity index (χ2n) is 3.31. The maximum atomic E-state index is 11.6. The van der Waals surface area contributed by atoms with Crippen LogP contribution in [0.25, 0.3) is 0 Å². The Bertz CT molecular complexity index is 422. The molecule has 0 aliphatic carbocycles. The van der Waals surface area contributed by atoms with Gasteiger partial charge in [-0.25, -0.2) is 14.5 Å². The molecule has 1 rings (SSSR count). The minimum atomic E-state index is -1.71. The van der Waals surface area contributed by atoms with Crippen LogP contribution in [0.2, 0.25) is 0 Å². The van der Waals surface area contributed by atoms with Crippen LogP contribution in [0.1, 0.15) is 0 Å². The highest BCUT2D eigenvalue weighted by molar-refractivity contribution is 5.77. The van der Waals surface area contributed by atoms with E-state index < -0.39 is 29.5 Å². The first-order chi connectivity index (χ1) is 9.38. The third-order valence-corrected chi connectivity index (χ3v) is 1.88. The van der Waals surface area contributed by atoms with Crippen molar-refractivity contribution in [3.63, 3.8) is 0 Å². The zero-order valence-corrected chi connectivity index (χ0v) is 9.86. The number of carbonyl (C=O) groups excluding carboxylic acids is 1. The van der Waals surface area contributed by atoms with Gasteiger partial charge in [-0.2, -0.15) is 0 Å². The molecule has 20 heavy (non-hydrogen) atoms. The quantitative estimate of drug-likeness (QED) is 0.255. The largest absolute Gasteiger partial charge is 0.508 e. The van der Waals surface area contributed by atoms with E-state index in [-0.39, 0.29) is 11.5 Å². The first-order valence-corrected chi connectivity index (χ1v) is 5.04. The van der Waals surface area contributed by atoms with Crippen LogP contribution in [0.3, 0.4) is 0 Å². The highest BCUT2D eigenvalue weighted by Crippen LogP contribution is 2.16. The van der Waals surface area contributed by atoms with Gasteiger partial charge in [0.25, 0.3) is 0 Å². The lowest BCUT2D eigenvalue weighted by atomic mass is 10.3. The fourth-order valence-corrected chi connectivity index (χ4v) is 1.09. The van der Waals surface area contributed by atoms with Crippen molar-refractivity contribution in [2.45, 2.75) is 6.10 Å². The molecule has 0 radical (unpaired) electrons. The minimum Gasteiger partial charge on any atom is -0.508 e. The van der Waals surface area contributed by atoms with Gasteiger partial charge in [0.05, 0.1) is 10.8 Å². The summed E-state index contributed by atoms with van der Waals surface area (Å²) in [5, 5.41) is 41.2. The van der Waals surface area contributed by atoms with E-state index in [0.717, 1.165) is 0 Å². The normalized spacial score (nSPS) is 12.7. The maximum absolute atomic E-state index is 11.6. The van der Waals surface area contributed by atoms with Crippen molar-refractivity contribution in [2.75, 3.05) is 6.61 Å². The Morgan fingerprint density at radius 1 is 1.10 bits per heavy atom. The zero-order valence-electron chi connectivity index (χ0n) is 9.86. The Kier molecular flexibility index (Phi) is 6.23. The van der Waals surface area contributed by atoms with Crippen molar-refractivity contribution < 1.29 is 45.1 Å². The van der Waals surface area contributed by atoms with Crippen LogP contribution < -0.4 is 4.74 Å². The Morgan fingerprint density at radius 2 is 1.70 bits per heavy atom. The SMILES string of the molecule is O=C(Oc1ccc(O)cc1)C(CON(O)O)ON(O)O. The Labute approximate surface area is 111 Å². The molecule has 0 fully saturated rings. The summed E-state index contributed by atoms with van der Waals surface area (Å²) < 4.78 is 4.78. The average molecular weight is 292 g/mol. The lowest BCUT2D eigenvalue weighted by Crippen LogP contribution is -2.39. The Hall–Kier alpha value is -1.83. The van der Waals surface area contributed by atoms with Gasteiger partial charge in [0.1, 0.15) is 18.1 Å². The molecule has 1 aromatic rings. The van der Waals surface area contributed by atoms with E-state index in [9.17, 15) is 4.79 Å². The smallest absolute Gasteiger partial charge is 0.345 e. The molecule has 1 atom stereocenters. The van der Waals surface area contributed by atoms with Gasteiger partial charge in [0, 0.05) is 0 Å². The fraction of sp³-hybridized carbons (Fsp3) is 0.222. The van der Waals surface area contributed by atoms with Crippen molar-refractivity contribution in [2.24, 2.45) is 0 Å². The predicted octanol–water partition coefficient (Wildman–Crippen LogP) is -0.310. The number of hydrogen-bond acceptors (Lipinski definition) is 11. The van der Waals surface area contributed by atoms with Gasteiger partial charge in [0.15, 0.2) is 0 Å². The first kappa shape index (κ1) is 16.2. The van der Waals surface area contributed by atoms with E-state index in [4.69, 9.17) is 30.7 Å². The number of phenolic OH excluding ortho intramolecular Hbond substituents is 1. The number of benzene rings is 1. The zero-order chi connectivity index (χ0) is 15.1. The van der Waals surface area contributed by atoms with Gasteiger partial charge in [-0.15, -0.1) is 0 Å². The van der Waals surface area contributed by atoms with Crippen molar-refractivity contribution in [1.29, 1.82) is 0 Å². The van der Waals surface area contributed by atoms with Gasteiger partial charge in [-0.3, -0.25) is 20.8 Å². The highest BCUT2D eigenvalue weighted by Gasteiger charge is 2.26. The van der Waals surface area contributed by atoms with Crippen LogP contribution in [0.5, 0.6) is 11.5 Å². The fourth-order valence-electron chi connectivity index (χ4n) is 1.09. The Balaban J connectivity index is 2.64. The van der Waals surface area contributed by atoms with E-state index >= 15 is 0 Å². The third kappa shape index (κ3) is 5.87. The van der Waals surface area contributed by atoms with E-state index in [1.165, 1.54) is 24.3 Å². The number of hydrogen-bond donors (Lipinski definition) is 5. The molecule has 1 unspecified atom stereocenters. The van der Waals surface area contributed by atoms with Crippen molar-refractivity contribution in [3.05, 3.63) is 24.3 Å². The monoisotopic (exact) mass is 292 g/mol. The molecule has 0 aliphatic rings. The summed E-state index contributed by atoms with van der Waals surface area (Å²) in [7, 11) is 0. The molecular weight excluding hydrogens is 280 g/mol. The summed E-state index contributed by atoms with van der Waals surface area (Å²) in [6.45, 7) is -0.790. The molecule has 112 valence electrons. The van der Waals surface area contributed by atoms with E-state index in [1.807, 2.05) is 0 Å². The minimum absolute atomic E-state index is 0.0358. The lowest BCUT2D eigenvalue weighted by Gasteiger charge is -2.17. The number of ether oxygens (including phenoxy) is 1. The van der Waals surface area contributed by atoms with Crippen LogP contribution >= 0.6 is 0 Å². The number of nitrogens with zero attached hydrogens (tertiary/aromatic N) is 2. The number of phenols is 1. The molecule has 1 aromatic carbocycles. The summed E-state index contributed by atoms with van der Waals surface area (Å²) in [5.41, 5.74) is 0. The second kappa shape index (κ2) is 7.68. The van der Waals surface area contributed by atoms with Crippen LogP contribution in [0.15, 0.2) is 24.3 Å². The predicted molar refractivity (Wildman–Crippen MR) is 55.4 cm³/mol. The molecule has 0 spiro atoms. The number of rotatable bonds is 7. The van der Waals surface area contributed by atoms with Crippen molar-refractivity contribution in [3.8, 4) is 11.5 Å². The number of esters is 1. The molecule has 11 heteroatoms. The molecule has 0 saturated heterocycles. The maximum Gasteiger partial charge on any atom is 0.345 e. The Morgan fingerprint density at radius 3 is 2.20 bits per heavy atom. The standard InChI is InChI=1S/C9H12N2O9/c12-6-1-3-7(4-2-6)19-9(13)8(20-11(16)17)5-18-10(14)15/h1-4,8,12,14-17H,5H2. The van der Waals surface area contributed by atoms with Crippen LogP contribution in [0, 0.1) is 0 Å². The van der Waals surface area contributed by atoms with Crippen molar-refractivity contribution in [1.82, 2.24) is 10.8 Å². The van der Waals surface area contributed by atoms with Gasteiger partial charge in [-0.1, -0.05) is 0 Å². The van der Waals surface area contributed by atoms with Crippen LogP contribution in [-0.2, 0) is 14.5 Å². The van der Waals surface area contributed by atoms with E-state index in [1.54, 1.807) is 0 Å². The molecular formula is C9H12N2O9. The first-order valence-electron chi connectivity index (χ1n) is 5.04. The average Bonchev–Trinajstić information content (AvgIpc) is 2.36. The topological polar surface area (TPSA) is 152 Å². The molecule has 0 bridgehead atoms. The van der Waals surface area contributed by atoms with Gasteiger partial charge in [-0.05, 0) is 24.3 Å².